The minimum absolute atomic E-state index is 0.867. The van der Waals surface area contributed by atoms with Gasteiger partial charge < -0.3 is 0 Å². The SMILES string of the molecule is CSc1ncc2c(n1)CCN(Cc1ccc(Br)cn1)C2. The molecule has 0 saturated heterocycles. The highest BCUT2D eigenvalue weighted by Gasteiger charge is 2.18. The summed E-state index contributed by atoms with van der Waals surface area (Å²) in [6.07, 6.45) is 6.81. The lowest BCUT2D eigenvalue weighted by Gasteiger charge is -2.27. The van der Waals surface area contributed by atoms with E-state index in [9.17, 15) is 0 Å². The van der Waals surface area contributed by atoms with Crippen LogP contribution in [0.15, 0.2) is 34.2 Å². The summed E-state index contributed by atoms with van der Waals surface area (Å²) >= 11 is 5.01. The van der Waals surface area contributed by atoms with Gasteiger partial charge in [-0.3, -0.25) is 9.88 Å². The Kier molecular flexibility index (Phi) is 4.33. The Balaban J connectivity index is 1.70. The topological polar surface area (TPSA) is 41.9 Å². The van der Waals surface area contributed by atoms with Crippen molar-refractivity contribution in [3.63, 3.8) is 0 Å². The van der Waals surface area contributed by atoms with Crippen LogP contribution in [-0.4, -0.2) is 32.7 Å². The van der Waals surface area contributed by atoms with Gasteiger partial charge in [-0.15, -0.1) is 0 Å². The lowest BCUT2D eigenvalue weighted by atomic mass is 10.1. The van der Waals surface area contributed by atoms with E-state index in [1.807, 2.05) is 24.7 Å². The highest BCUT2D eigenvalue weighted by Crippen LogP contribution is 2.20. The van der Waals surface area contributed by atoms with Gasteiger partial charge >= 0.3 is 0 Å². The highest BCUT2D eigenvalue weighted by molar-refractivity contribution is 9.10. The molecular formula is C14H15BrN4S. The second kappa shape index (κ2) is 6.20. The molecule has 0 amide bonds. The van der Waals surface area contributed by atoms with Gasteiger partial charge in [0, 0.05) is 48.5 Å². The zero-order valence-electron chi connectivity index (χ0n) is 11.2. The van der Waals surface area contributed by atoms with Crippen molar-refractivity contribution in [2.75, 3.05) is 12.8 Å². The molecule has 3 heterocycles. The molecule has 0 saturated carbocycles. The zero-order valence-corrected chi connectivity index (χ0v) is 13.6. The summed E-state index contributed by atoms with van der Waals surface area (Å²) in [6, 6.07) is 4.10. The van der Waals surface area contributed by atoms with Crippen molar-refractivity contribution in [1.29, 1.82) is 0 Å². The van der Waals surface area contributed by atoms with Crippen molar-refractivity contribution in [3.8, 4) is 0 Å². The largest absolute Gasteiger partial charge is 0.293 e. The van der Waals surface area contributed by atoms with Crippen LogP contribution in [-0.2, 0) is 19.5 Å². The van der Waals surface area contributed by atoms with Gasteiger partial charge in [0.2, 0.25) is 0 Å². The van der Waals surface area contributed by atoms with Gasteiger partial charge in [-0.05, 0) is 34.3 Å². The Labute approximate surface area is 131 Å². The second-order valence-electron chi connectivity index (χ2n) is 4.76. The van der Waals surface area contributed by atoms with Gasteiger partial charge in [0.05, 0.1) is 11.4 Å². The normalized spacial score (nSPS) is 15.1. The fraction of sp³-hybridized carbons (Fsp3) is 0.357. The number of halogens is 1. The molecule has 6 heteroatoms. The fourth-order valence-electron chi connectivity index (χ4n) is 2.32. The molecule has 0 aromatic carbocycles. The maximum Gasteiger partial charge on any atom is 0.187 e. The van der Waals surface area contributed by atoms with Crippen molar-refractivity contribution in [2.24, 2.45) is 0 Å². The first-order valence-electron chi connectivity index (χ1n) is 6.46. The van der Waals surface area contributed by atoms with Crippen LogP contribution < -0.4 is 0 Å². The van der Waals surface area contributed by atoms with E-state index >= 15 is 0 Å². The van der Waals surface area contributed by atoms with Crippen LogP contribution in [0.25, 0.3) is 0 Å². The van der Waals surface area contributed by atoms with Crippen LogP contribution in [0.1, 0.15) is 17.0 Å². The molecule has 20 heavy (non-hydrogen) atoms. The Morgan fingerprint density at radius 3 is 2.95 bits per heavy atom. The third-order valence-corrected chi connectivity index (χ3v) is 4.38. The van der Waals surface area contributed by atoms with Gasteiger partial charge in [-0.25, -0.2) is 9.97 Å². The average Bonchev–Trinajstić information content (AvgIpc) is 2.49. The van der Waals surface area contributed by atoms with E-state index < -0.39 is 0 Å². The Bertz CT molecular complexity index is 603. The van der Waals surface area contributed by atoms with E-state index in [0.717, 1.165) is 41.4 Å². The standard InChI is InChI=1S/C14H15BrN4S/c1-20-14-17-6-10-8-19(5-4-13(10)18-14)9-12-3-2-11(15)7-16-12/h2-3,6-7H,4-5,8-9H2,1H3. The lowest BCUT2D eigenvalue weighted by Crippen LogP contribution is -2.31. The summed E-state index contributed by atoms with van der Waals surface area (Å²) in [7, 11) is 0. The van der Waals surface area contributed by atoms with Gasteiger partial charge in [-0.1, -0.05) is 11.8 Å². The third-order valence-electron chi connectivity index (χ3n) is 3.35. The number of thioether (sulfide) groups is 1. The summed E-state index contributed by atoms with van der Waals surface area (Å²) in [4.78, 5) is 15.8. The van der Waals surface area contributed by atoms with Gasteiger partial charge in [0.25, 0.3) is 0 Å². The molecule has 0 bridgehead atoms. The van der Waals surface area contributed by atoms with Gasteiger partial charge in [0.1, 0.15) is 0 Å². The summed E-state index contributed by atoms with van der Waals surface area (Å²) in [6.45, 7) is 2.80. The smallest absolute Gasteiger partial charge is 0.187 e. The van der Waals surface area contributed by atoms with Crippen LogP contribution >= 0.6 is 27.7 Å². The molecule has 1 aliphatic rings. The van der Waals surface area contributed by atoms with Crippen molar-refractivity contribution in [3.05, 3.63) is 46.0 Å². The van der Waals surface area contributed by atoms with Crippen molar-refractivity contribution >= 4 is 27.7 Å². The van der Waals surface area contributed by atoms with Crippen LogP contribution in [0.4, 0.5) is 0 Å². The zero-order chi connectivity index (χ0) is 13.9. The molecule has 4 nitrogen and oxygen atoms in total. The maximum absolute atomic E-state index is 4.59. The van der Waals surface area contributed by atoms with E-state index in [1.165, 1.54) is 11.3 Å². The number of hydrogen-bond acceptors (Lipinski definition) is 5. The van der Waals surface area contributed by atoms with Crippen molar-refractivity contribution in [1.82, 2.24) is 19.9 Å². The van der Waals surface area contributed by atoms with Crippen molar-refractivity contribution < 1.29 is 0 Å². The molecule has 0 N–H and O–H groups in total. The molecule has 0 aliphatic carbocycles. The molecule has 2 aromatic heterocycles. The average molecular weight is 351 g/mol. The predicted octanol–water partition coefficient (Wildman–Crippen LogP) is 2.91. The van der Waals surface area contributed by atoms with Crippen LogP contribution in [0, 0.1) is 0 Å². The first kappa shape index (κ1) is 14.0. The molecular weight excluding hydrogens is 336 g/mol. The first-order chi connectivity index (χ1) is 9.74. The van der Waals surface area contributed by atoms with Crippen molar-refractivity contribution in [2.45, 2.75) is 24.7 Å². The predicted molar refractivity (Wildman–Crippen MR) is 83.6 cm³/mol. The molecule has 0 atom stereocenters. The summed E-state index contributed by atoms with van der Waals surface area (Å²) < 4.78 is 1.02. The number of rotatable bonds is 3. The van der Waals surface area contributed by atoms with E-state index in [0.29, 0.717) is 0 Å². The minimum Gasteiger partial charge on any atom is -0.293 e. The second-order valence-corrected chi connectivity index (χ2v) is 6.45. The Morgan fingerprint density at radius 2 is 2.20 bits per heavy atom. The number of aromatic nitrogens is 3. The summed E-state index contributed by atoms with van der Waals surface area (Å²) in [5.41, 5.74) is 3.54. The molecule has 3 rings (SSSR count). The molecule has 2 aromatic rings. The lowest BCUT2D eigenvalue weighted by molar-refractivity contribution is 0.239. The van der Waals surface area contributed by atoms with Gasteiger partial charge in [-0.2, -0.15) is 0 Å². The van der Waals surface area contributed by atoms with E-state index in [2.05, 4.69) is 41.8 Å². The highest BCUT2D eigenvalue weighted by atomic mass is 79.9. The molecule has 0 unspecified atom stereocenters. The van der Waals surface area contributed by atoms with Crippen LogP contribution in [0.3, 0.4) is 0 Å². The minimum atomic E-state index is 0.867. The molecule has 0 spiro atoms. The van der Waals surface area contributed by atoms with Crippen LogP contribution in [0.5, 0.6) is 0 Å². The van der Waals surface area contributed by atoms with E-state index in [-0.39, 0.29) is 0 Å². The number of pyridine rings is 1. The molecule has 0 radical (unpaired) electrons. The number of nitrogens with zero attached hydrogens (tertiary/aromatic N) is 4. The van der Waals surface area contributed by atoms with E-state index in [1.54, 1.807) is 11.8 Å². The monoisotopic (exact) mass is 350 g/mol. The van der Waals surface area contributed by atoms with Crippen LogP contribution in [0.2, 0.25) is 0 Å². The summed E-state index contributed by atoms with van der Waals surface area (Å²) in [5.74, 6) is 0. The molecule has 0 fully saturated rings. The molecule has 1 aliphatic heterocycles. The van der Waals surface area contributed by atoms with E-state index in [4.69, 9.17) is 0 Å². The molecule has 104 valence electrons. The number of hydrogen-bond donors (Lipinski definition) is 0. The first-order valence-corrected chi connectivity index (χ1v) is 8.48. The Hall–Kier alpha value is -0.980. The quantitative estimate of drug-likeness (QED) is 0.628. The summed E-state index contributed by atoms with van der Waals surface area (Å²) in [5, 5.41) is 0.867. The third kappa shape index (κ3) is 3.19. The Morgan fingerprint density at radius 1 is 1.30 bits per heavy atom. The maximum atomic E-state index is 4.59. The fourth-order valence-corrected chi connectivity index (χ4v) is 2.91. The van der Waals surface area contributed by atoms with Gasteiger partial charge in [0.15, 0.2) is 5.16 Å². The number of fused-ring (bicyclic) bond motifs is 1.